The van der Waals surface area contributed by atoms with Crippen LogP contribution in [0.2, 0.25) is 0 Å². The Kier molecular flexibility index (Phi) is 3.89. The molecule has 2 aromatic carbocycles. The summed E-state index contributed by atoms with van der Waals surface area (Å²) in [4.78, 5) is 20.9. The van der Waals surface area contributed by atoms with E-state index in [0.29, 0.717) is 28.0 Å². The number of pyridine rings is 1. The van der Waals surface area contributed by atoms with Crippen LogP contribution in [0.15, 0.2) is 61.1 Å². The van der Waals surface area contributed by atoms with Crippen molar-refractivity contribution in [2.45, 2.75) is 0 Å². The number of hydrogen-bond donors (Lipinski definition) is 1. The van der Waals surface area contributed by atoms with Gasteiger partial charge in [0.2, 0.25) is 0 Å². The number of fused-ring (bicyclic) bond motifs is 1. The predicted molar refractivity (Wildman–Crippen MR) is 96.1 cm³/mol. The van der Waals surface area contributed by atoms with Gasteiger partial charge in [-0.25, -0.2) is 9.37 Å². The molecule has 128 valence electrons. The molecule has 0 atom stereocenters. The molecular weight excluding hydrogens is 333 g/mol. The number of nitrogens with one attached hydrogen (secondary N) is 1. The maximum absolute atomic E-state index is 13.4. The molecule has 7 heteroatoms. The molecule has 4 aromatic rings. The van der Waals surface area contributed by atoms with Crippen LogP contribution >= 0.6 is 0 Å². The van der Waals surface area contributed by atoms with E-state index < -0.39 is 0 Å². The zero-order valence-corrected chi connectivity index (χ0v) is 13.8. The van der Waals surface area contributed by atoms with Gasteiger partial charge in [0.05, 0.1) is 11.1 Å². The Morgan fingerprint density at radius 2 is 2.00 bits per heavy atom. The van der Waals surface area contributed by atoms with E-state index >= 15 is 0 Å². The smallest absolute Gasteiger partial charge is 0.257 e. The fraction of sp³-hybridized carbons (Fsp3) is 0.0526. The second kappa shape index (κ2) is 6.36. The van der Waals surface area contributed by atoms with Crippen molar-refractivity contribution in [3.63, 3.8) is 0 Å². The van der Waals surface area contributed by atoms with Crippen molar-refractivity contribution in [2.24, 2.45) is 7.05 Å². The molecule has 0 bridgehead atoms. The molecule has 0 aliphatic heterocycles. The van der Waals surface area contributed by atoms with E-state index in [1.165, 1.54) is 18.3 Å². The molecule has 2 heterocycles. The molecule has 0 aliphatic rings. The van der Waals surface area contributed by atoms with Crippen molar-refractivity contribution in [3.05, 3.63) is 72.4 Å². The maximum atomic E-state index is 13.4. The van der Waals surface area contributed by atoms with Gasteiger partial charge < -0.3 is 5.32 Å². The van der Waals surface area contributed by atoms with Crippen LogP contribution in [-0.2, 0) is 7.05 Å². The standard InChI is InChI=1S/C19H14FN5O/c1-25-11-22-18(24-25)12-3-2-4-16(9-12)23-19(26)14-7-13-8-15(20)5-6-17(13)21-10-14/h2-11H,1H3,(H,23,26). The quantitative estimate of drug-likeness (QED) is 0.616. The highest BCUT2D eigenvalue weighted by Crippen LogP contribution is 2.20. The third kappa shape index (κ3) is 3.14. The van der Waals surface area contributed by atoms with Crippen molar-refractivity contribution < 1.29 is 9.18 Å². The third-order valence-corrected chi connectivity index (χ3v) is 3.88. The molecule has 26 heavy (non-hydrogen) atoms. The molecule has 0 spiro atoms. The highest BCUT2D eigenvalue weighted by Gasteiger charge is 2.10. The Labute approximate surface area is 148 Å². The normalized spacial score (nSPS) is 10.8. The largest absolute Gasteiger partial charge is 0.322 e. The summed E-state index contributed by atoms with van der Waals surface area (Å²) in [5, 5.41) is 7.64. The summed E-state index contributed by atoms with van der Waals surface area (Å²) in [7, 11) is 1.79. The van der Waals surface area contributed by atoms with E-state index in [4.69, 9.17) is 0 Å². The van der Waals surface area contributed by atoms with Crippen molar-refractivity contribution in [2.75, 3.05) is 5.32 Å². The number of benzene rings is 2. The van der Waals surface area contributed by atoms with Gasteiger partial charge in [0.1, 0.15) is 12.1 Å². The number of rotatable bonds is 3. The summed E-state index contributed by atoms with van der Waals surface area (Å²) in [5.41, 5.74) is 2.39. The van der Waals surface area contributed by atoms with Crippen LogP contribution in [0.3, 0.4) is 0 Å². The Balaban J connectivity index is 1.60. The first-order chi connectivity index (χ1) is 12.6. The van der Waals surface area contributed by atoms with Gasteiger partial charge in [-0.2, -0.15) is 5.10 Å². The number of aryl methyl sites for hydroxylation is 1. The zero-order chi connectivity index (χ0) is 18.1. The first-order valence-corrected chi connectivity index (χ1v) is 7.91. The highest BCUT2D eigenvalue weighted by atomic mass is 19.1. The van der Waals surface area contributed by atoms with Crippen LogP contribution in [0.5, 0.6) is 0 Å². The molecule has 0 unspecified atom stereocenters. The van der Waals surface area contributed by atoms with Crippen LogP contribution in [0.1, 0.15) is 10.4 Å². The summed E-state index contributed by atoms with van der Waals surface area (Å²) in [5.74, 6) is -0.117. The number of halogens is 1. The molecule has 2 aromatic heterocycles. The summed E-state index contributed by atoms with van der Waals surface area (Å²) in [6.45, 7) is 0. The van der Waals surface area contributed by atoms with Crippen molar-refractivity contribution in [1.82, 2.24) is 19.7 Å². The first kappa shape index (κ1) is 15.9. The Bertz CT molecular complexity index is 1120. The Morgan fingerprint density at radius 1 is 1.12 bits per heavy atom. The fourth-order valence-corrected chi connectivity index (χ4v) is 2.64. The average Bonchev–Trinajstić information content (AvgIpc) is 3.08. The summed E-state index contributed by atoms with van der Waals surface area (Å²) in [6, 6.07) is 13.1. The van der Waals surface area contributed by atoms with E-state index in [0.717, 1.165) is 5.56 Å². The Morgan fingerprint density at radius 3 is 2.81 bits per heavy atom. The molecule has 0 saturated carbocycles. The van der Waals surface area contributed by atoms with Crippen molar-refractivity contribution >= 4 is 22.5 Å². The molecule has 1 N–H and O–H groups in total. The lowest BCUT2D eigenvalue weighted by molar-refractivity contribution is 0.102. The van der Waals surface area contributed by atoms with Gasteiger partial charge in [0.15, 0.2) is 5.82 Å². The van der Waals surface area contributed by atoms with Crippen LogP contribution < -0.4 is 5.32 Å². The molecule has 0 aliphatic carbocycles. The number of carbonyl (C=O) groups excluding carboxylic acids is 1. The molecule has 4 rings (SSSR count). The highest BCUT2D eigenvalue weighted by molar-refractivity contribution is 6.06. The van der Waals surface area contributed by atoms with Crippen molar-refractivity contribution in [1.29, 1.82) is 0 Å². The number of nitrogens with zero attached hydrogens (tertiary/aromatic N) is 4. The SMILES string of the molecule is Cn1cnc(-c2cccc(NC(=O)c3cnc4ccc(F)cc4c3)c2)n1. The maximum Gasteiger partial charge on any atom is 0.257 e. The van der Waals surface area contributed by atoms with Crippen LogP contribution in [0.4, 0.5) is 10.1 Å². The van der Waals surface area contributed by atoms with E-state index in [1.54, 1.807) is 42.3 Å². The van der Waals surface area contributed by atoms with Crippen LogP contribution in [0.25, 0.3) is 22.3 Å². The third-order valence-electron chi connectivity index (χ3n) is 3.88. The fourth-order valence-electron chi connectivity index (χ4n) is 2.64. The van der Waals surface area contributed by atoms with Gasteiger partial charge in [0, 0.05) is 29.9 Å². The number of carbonyl (C=O) groups is 1. The Hall–Kier alpha value is -3.61. The molecule has 6 nitrogen and oxygen atoms in total. The molecular formula is C19H14FN5O. The molecule has 1 amide bonds. The lowest BCUT2D eigenvalue weighted by Crippen LogP contribution is -2.12. The van der Waals surface area contributed by atoms with Gasteiger partial charge in [-0.1, -0.05) is 12.1 Å². The van der Waals surface area contributed by atoms with Gasteiger partial charge in [-0.05, 0) is 36.4 Å². The van der Waals surface area contributed by atoms with Gasteiger partial charge in [-0.3, -0.25) is 14.5 Å². The summed E-state index contributed by atoms with van der Waals surface area (Å²) >= 11 is 0. The minimum Gasteiger partial charge on any atom is -0.322 e. The minimum absolute atomic E-state index is 0.324. The van der Waals surface area contributed by atoms with E-state index in [-0.39, 0.29) is 11.7 Å². The molecule has 0 fully saturated rings. The second-order valence-electron chi connectivity index (χ2n) is 5.84. The van der Waals surface area contributed by atoms with Gasteiger partial charge >= 0.3 is 0 Å². The van der Waals surface area contributed by atoms with E-state index in [9.17, 15) is 9.18 Å². The number of hydrogen-bond acceptors (Lipinski definition) is 4. The van der Waals surface area contributed by atoms with Crippen LogP contribution in [0, 0.1) is 5.82 Å². The first-order valence-electron chi connectivity index (χ1n) is 7.91. The topological polar surface area (TPSA) is 72.7 Å². The zero-order valence-electron chi connectivity index (χ0n) is 13.8. The lowest BCUT2D eigenvalue weighted by Gasteiger charge is -2.07. The number of amides is 1. The number of anilines is 1. The van der Waals surface area contributed by atoms with E-state index in [2.05, 4.69) is 20.4 Å². The summed E-state index contributed by atoms with van der Waals surface area (Å²) < 4.78 is 15.0. The van der Waals surface area contributed by atoms with Gasteiger partial charge in [-0.15, -0.1) is 0 Å². The molecule has 0 radical (unpaired) electrons. The van der Waals surface area contributed by atoms with Gasteiger partial charge in [0.25, 0.3) is 5.91 Å². The summed E-state index contributed by atoms with van der Waals surface area (Å²) in [6.07, 6.45) is 3.08. The van der Waals surface area contributed by atoms with E-state index in [1.807, 2.05) is 12.1 Å². The molecule has 0 saturated heterocycles. The minimum atomic E-state index is -0.368. The van der Waals surface area contributed by atoms with Crippen LogP contribution in [-0.4, -0.2) is 25.7 Å². The second-order valence-corrected chi connectivity index (χ2v) is 5.84. The average molecular weight is 347 g/mol. The lowest BCUT2D eigenvalue weighted by atomic mass is 10.1. The monoisotopic (exact) mass is 347 g/mol. The number of aromatic nitrogens is 4. The van der Waals surface area contributed by atoms with Crippen molar-refractivity contribution in [3.8, 4) is 11.4 Å². The predicted octanol–water partition coefficient (Wildman–Crippen LogP) is 3.42.